The number of likely N-dealkylation sites (tertiary alicyclic amines) is 1. The van der Waals surface area contributed by atoms with Crippen LogP contribution < -0.4 is 10.6 Å². The molecule has 0 aliphatic carbocycles. The molecule has 0 radical (unpaired) electrons. The minimum Gasteiger partial charge on any atom is -0.338 e. The monoisotopic (exact) mass is 479 g/mol. The second-order valence-electron chi connectivity index (χ2n) is 9.27. The average molecular weight is 480 g/mol. The highest BCUT2D eigenvalue weighted by molar-refractivity contribution is 5.90. The fourth-order valence-electron chi connectivity index (χ4n) is 4.66. The number of aryl methyl sites for hydroxylation is 3. The molecule has 2 N–H and O–H groups in total. The number of carbonyl (C=O) groups excluding carboxylic acids is 1. The molecule has 0 unspecified atom stereocenters. The van der Waals surface area contributed by atoms with Gasteiger partial charge in [-0.05, 0) is 103 Å². The molecule has 1 fully saturated rings. The lowest BCUT2D eigenvalue weighted by Crippen LogP contribution is -2.42. The van der Waals surface area contributed by atoms with Crippen LogP contribution in [0.25, 0.3) is 11.4 Å². The van der Waals surface area contributed by atoms with Gasteiger partial charge in [0.2, 0.25) is 0 Å². The molecular formula is C26H34FN7O. The molecule has 3 aromatic rings. The summed E-state index contributed by atoms with van der Waals surface area (Å²) in [6, 6.07) is 12.5. The zero-order valence-corrected chi connectivity index (χ0v) is 20.5. The van der Waals surface area contributed by atoms with E-state index in [1.165, 1.54) is 17.7 Å². The third-order valence-electron chi connectivity index (χ3n) is 6.54. The van der Waals surface area contributed by atoms with Crippen LogP contribution in [0, 0.1) is 11.7 Å². The number of urea groups is 1. The molecule has 1 aliphatic heterocycles. The number of benzene rings is 2. The van der Waals surface area contributed by atoms with Crippen LogP contribution in [-0.4, -0.2) is 57.3 Å². The molecule has 4 rings (SSSR count). The summed E-state index contributed by atoms with van der Waals surface area (Å²) in [6.45, 7) is 5.82. The highest BCUT2D eigenvalue weighted by Crippen LogP contribution is 2.23. The molecule has 35 heavy (non-hydrogen) atoms. The van der Waals surface area contributed by atoms with Crippen LogP contribution in [0.3, 0.4) is 0 Å². The second kappa shape index (κ2) is 11.9. The molecule has 0 spiro atoms. The van der Waals surface area contributed by atoms with Crippen molar-refractivity contribution in [3.8, 4) is 11.4 Å². The molecule has 2 heterocycles. The summed E-state index contributed by atoms with van der Waals surface area (Å²) in [5, 5.41) is 17.7. The van der Waals surface area contributed by atoms with Crippen LogP contribution in [-0.2, 0) is 19.9 Å². The number of tetrazole rings is 1. The number of hydrogen-bond acceptors (Lipinski definition) is 5. The predicted molar refractivity (Wildman–Crippen MR) is 135 cm³/mol. The van der Waals surface area contributed by atoms with E-state index >= 15 is 0 Å². The number of amides is 2. The van der Waals surface area contributed by atoms with E-state index in [9.17, 15) is 9.18 Å². The summed E-state index contributed by atoms with van der Waals surface area (Å²) >= 11 is 0. The van der Waals surface area contributed by atoms with Gasteiger partial charge in [0, 0.05) is 31.4 Å². The summed E-state index contributed by atoms with van der Waals surface area (Å²) < 4.78 is 14.7. The van der Waals surface area contributed by atoms with Crippen LogP contribution in [0.1, 0.15) is 37.3 Å². The topological polar surface area (TPSA) is 88.0 Å². The molecule has 1 aromatic heterocycles. The molecule has 1 saturated heterocycles. The van der Waals surface area contributed by atoms with Crippen molar-refractivity contribution >= 4 is 11.7 Å². The van der Waals surface area contributed by atoms with Gasteiger partial charge in [-0.15, -0.1) is 5.10 Å². The van der Waals surface area contributed by atoms with Gasteiger partial charge in [0.1, 0.15) is 5.82 Å². The van der Waals surface area contributed by atoms with E-state index in [4.69, 9.17) is 0 Å². The highest BCUT2D eigenvalue weighted by atomic mass is 19.1. The summed E-state index contributed by atoms with van der Waals surface area (Å²) in [7, 11) is 1.80. The van der Waals surface area contributed by atoms with Gasteiger partial charge in [0.15, 0.2) is 5.82 Å². The Balaban J connectivity index is 1.24. The third-order valence-corrected chi connectivity index (χ3v) is 6.54. The zero-order chi connectivity index (χ0) is 24.6. The van der Waals surface area contributed by atoms with Gasteiger partial charge in [-0.3, -0.25) is 0 Å². The lowest BCUT2D eigenvalue weighted by Gasteiger charge is -2.32. The molecule has 1 aliphatic rings. The van der Waals surface area contributed by atoms with Gasteiger partial charge in [0.25, 0.3) is 0 Å². The van der Waals surface area contributed by atoms with Crippen molar-refractivity contribution in [1.29, 1.82) is 0 Å². The van der Waals surface area contributed by atoms with Gasteiger partial charge < -0.3 is 15.5 Å². The fourth-order valence-corrected chi connectivity index (χ4v) is 4.66. The quantitative estimate of drug-likeness (QED) is 0.484. The van der Waals surface area contributed by atoms with Crippen LogP contribution in [0.15, 0.2) is 42.5 Å². The van der Waals surface area contributed by atoms with Gasteiger partial charge in [-0.2, -0.15) is 0 Å². The maximum atomic E-state index is 13.1. The minimum absolute atomic E-state index is 0.189. The Kier molecular flexibility index (Phi) is 8.41. The Morgan fingerprint density at radius 2 is 2.00 bits per heavy atom. The minimum atomic E-state index is -0.200. The normalized spacial score (nSPS) is 16.3. The van der Waals surface area contributed by atoms with Crippen LogP contribution in [0.5, 0.6) is 0 Å². The summed E-state index contributed by atoms with van der Waals surface area (Å²) in [6.07, 6.45) is 5.09. The summed E-state index contributed by atoms with van der Waals surface area (Å²) in [4.78, 5) is 15.1. The van der Waals surface area contributed by atoms with Crippen molar-refractivity contribution < 1.29 is 9.18 Å². The number of carbonyl (C=O) groups is 1. The van der Waals surface area contributed by atoms with E-state index in [-0.39, 0.29) is 11.8 Å². The smallest absolute Gasteiger partial charge is 0.319 e. The molecule has 1 atom stereocenters. The Morgan fingerprint density at radius 3 is 2.74 bits per heavy atom. The molecule has 0 bridgehead atoms. The maximum absolute atomic E-state index is 13.1. The van der Waals surface area contributed by atoms with Crippen molar-refractivity contribution in [2.75, 3.05) is 31.5 Å². The standard InChI is InChI=1S/C26H34FN7O/c1-3-19-14-22(25-30-31-32-33(25)2)16-24(15-19)29-26(35)28-17-21-7-5-13-34(18-21)12-4-6-20-8-10-23(27)11-9-20/h8-11,14-16,21H,3-7,12-13,17-18H2,1-2H3,(H2,28,29,35)/t21-/m0/s1. The lowest BCUT2D eigenvalue weighted by molar-refractivity contribution is 0.171. The predicted octanol–water partition coefficient (Wildman–Crippen LogP) is 4.04. The number of piperidine rings is 1. The fraction of sp³-hybridized carbons (Fsp3) is 0.462. The van der Waals surface area contributed by atoms with Crippen LogP contribution in [0.4, 0.5) is 14.9 Å². The first-order chi connectivity index (χ1) is 17.0. The molecule has 186 valence electrons. The van der Waals surface area contributed by atoms with Gasteiger partial charge >= 0.3 is 6.03 Å². The molecule has 8 nitrogen and oxygen atoms in total. The third kappa shape index (κ3) is 7.08. The Labute approximate surface area is 205 Å². The Hall–Kier alpha value is -3.33. The van der Waals surface area contributed by atoms with Gasteiger partial charge in [0.05, 0.1) is 0 Å². The number of nitrogens with zero attached hydrogens (tertiary/aromatic N) is 5. The molecule has 2 amide bonds. The highest BCUT2D eigenvalue weighted by Gasteiger charge is 2.20. The van der Waals surface area contributed by atoms with E-state index in [0.29, 0.717) is 18.3 Å². The Morgan fingerprint density at radius 1 is 1.17 bits per heavy atom. The average Bonchev–Trinajstić information content (AvgIpc) is 3.30. The number of halogens is 1. The number of rotatable bonds is 9. The van der Waals surface area contributed by atoms with Crippen molar-refractivity contribution in [3.05, 3.63) is 59.4 Å². The number of hydrogen-bond donors (Lipinski definition) is 2. The molecule has 9 heteroatoms. The largest absolute Gasteiger partial charge is 0.338 e. The van der Waals surface area contributed by atoms with Crippen molar-refractivity contribution in [1.82, 2.24) is 30.4 Å². The number of nitrogens with one attached hydrogen (secondary N) is 2. The van der Waals surface area contributed by atoms with E-state index in [1.54, 1.807) is 11.7 Å². The zero-order valence-electron chi connectivity index (χ0n) is 20.5. The molecular weight excluding hydrogens is 445 g/mol. The van der Waals surface area contributed by atoms with E-state index in [1.807, 2.05) is 30.3 Å². The SMILES string of the molecule is CCc1cc(NC(=O)NC[C@@H]2CCCN(CCCc3ccc(F)cc3)C2)cc(-c2nnnn2C)c1. The number of anilines is 1. The summed E-state index contributed by atoms with van der Waals surface area (Å²) in [5.41, 5.74) is 3.87. The molecule has 0 saturated carbocycles. The Bertz CT molecular complexity index is 1120. The van der Waals surface area contributed by atoms with Crippen molar-refractivity contribution in [3.63, 3.8) is 0 Å². The lowest BCUT2D eigenvalue weighted by atomic mass is 9.97. The van der Waals surface area contributed by atoms with Crippen molar-refractivity contribution in [2.24, 2.45) is 13.0 Å². The number of aromatic nitrogens is 4. The van der Waals surface area contributed by atoms with Gasteiger partial charge in [-0.25, -0.2) is 13.9 Å². The molecule has 2 aromatic carbocycles. The van der Waals surface area contributed by atoms with Gasteiger partial charge in [-0.1, -0.05) is 19.1 Å². The summed E-state index contributed by atoms with van der Waals surface area (Å²) in [5.74, 6) is 0.901. The van der Waals surface area contributed by atoms with E-state index in [0.717, 1.165) is 68.6 Å². The van der Waals surface area contributed by atoms with Crippen LogP contribution in [0.2, 0.25) is 0 Å². The first-order valence-electron chi connectivity index (χ1n) is 12.4. The second-order valence-corrected chi connectivity index (χ2v) is 9.27. The van der Waals surface area contributed by atoms with Crippen LogP contribution >= 0.6 is 0 Å². The van der Waals surface area contributed by atoms with Crippen molar-refractivity contribution in [2.45, 2.75) is 39.0 Å². The van der Waals surface area contributed by atoms with E-state index < -0.39 is 0 Å². The van der Waals surface area contributed by atoms with E-state index in [2.05, 4.69) is 38.0 Å². The first kappa shape index (κ1) is 24.8. The maximum Gasteiger partial charge on any atom is 0.319 e. The first-order valence-corrected chi connectivity index (χ1v) is 12.4.